The minimum absolute atomic E-state index is 1.20. The van der Waals surface area contributed by atoms with Crippen molar-refractivity contribution in [3.05, 3.63) is 11.1 Å². The van der Waals surface area contributed by atoms with E-state index in [-0.39, 0.29) is 0 Å². The Morgan fingerprint density at radius 3 is 2.33 bits per heavy atom. The van der Waals surface area contributed by atoms with E-state index in [1.807, 2.05) is 6.20 Å². The van der Waals surface area contributed by atoms with Crippen LogP contribution in [-0.4, -0.2) is 5.55 Å². The van der Waals surface area contributed by atoms with Crippen LogP contribution in [0.3, 0.4) is 0 Å². The van der Waals surface area contributed by atoms with E-state index in [4.69, 9.17) is 0 Å². The lowest BCUT2D eigenvalue weighted by atomic mass is 10.1. The monoisotopic (exact) mass is 224 g/mol. The highest BCUT2D eigenvalue weighted by atomic mass is 32.2. The number of allylic oxidation sites excluding steroid dienone is 1. The van der Waals surface area contributed by atoms with Crippen LogP contribution in [0.2, 0.25) is 0 Å². The number of nitrogens with zero attached hydrogens (tertiary/aromatic N) is 1. The normalized spacial score (nSPS) is 14.1. The Morgan fingerprint density at radius 2 is 1.73 bits per heavy atom. The second-order valence-electron chi connectivity index (χ2n) is 4.14. The third kappa shape index (κ3) is 6.70. The molecule has 0 amide bonds. The first kappa shape index (κ1) is 12.7. The van der Waals surface area contributed by atoms with Gasteiger partial charge in [0.05, 0.1) is 0 Å². The summed E-state index contributed by atoms with van der Waals surface area (Å²) in [7, 11) is 0. The van der Waals surface area contributed by atoms with E-state index in [0.717, 1.165) is 0 Å². The smallest absolute Gasteiger partial charge is 0.0654 e. The van der Waals surface area contributed by atoms with Crippen LogP contribution in [0.15, 0.2) is 16.1 Å². The third-order valence-electron chi connectivity index (χ3n) is 2.71. The van der Waals surface area contributed by atoms with Gasteiger partial charge in [-0.3, -0.25) is 0 Å². The lowest BCUT2D eigenvalue weighted by Crippen LogP contribution is -1.81. The predicted molar refractivity (Wildman–Crippen MR) is 70.3 cm³/mol. The van der Waals surface area contributed by atoms with E-state index in [1.54, 1.807) is 11.8 Å². The van der Waals surface area contributed by atoms with Gasteiger partial charge in [-0.05, 0) is 11.4 Å². The highest BCUT2D eigenvalue weighted by Gasteiger charge is 2.11. The predicted octanol–water partition coefficient (Wildman–Crippen LogP) is 5.01. The summed E-state index contributed by atoms with van der Waals surface area (Å²) in [6.45, 7) is 2.27. The van der Waals surface area contributed by atoms with Gasteiger partial charge in [-0.15, -0.1) is 0 Å². The largest absolute Gasteiger partial charge is 0.271 e. The molecule has 0 bridgehead atoms. The van der Waals surface area contributed by atoms with Crippen LogP contribution in [0.5, 0.6) is 0 Å². The van der Waals surface area contributed by atoms with Crippen molar-refractivity contribution in [2.75, 3.05) is 0 Å². The molecule has 1 heterocycles. The molecule has 0 atom stereocenters. The molecule has 0 radical (unpaired) electrons. The molecule has 0 N–H and O–H groups in total. The lowest BCUT2D eigenvalue weighted by Gasteiger charge is -2.00. The molecule has 0 unspecified atom stereocenters. The Balaban J connectivity index is 1.77. The summed E-state index contributed by atoms with van der Waals surface area (Å²) >= 11 is 1.66. The second kappa shape index (κ2) is 8.94. The van der Waals surface area contributed by atoms with Crippen LogP contribution in [-0.2, 0) is 0 Å². The van der Waals surface area contributed by atoms with Crippen molar-refractivity contribution >= 4 is 17.3 Å². The fourth-order valence-corrected chi connectivity index (χ4v) is 2.33. The summed E-state index contributed by atoms with van der Waals surface area (Å²) in [6.07, 6.45) is 14.3. The maximum Gasteiger partial charge on any atom is 0.271 e. The Labute approximate surface area is 98.4 Å². The summed E-state index contributed by atoms with van der Waals surface area (Å²) in [6, 6.07) is 0. The molecular weight excluding hydrogens is 202 g/mol. The summed E-state index contributed by atoms with van der Waals surface area (Å²) in [4.78, 5) is 5.35. The summed E-state index contributed by atoms with van der Waals surface area (Å²) in [5.41, 5.74) is 2.90. The summed E-state index contributed by atoms with van der Waals surface area (Å²) in [5.74, 6) is 0. The molecule has 1 nitrogen and oxygen atoms in total. The maximum atomic E-state index is 3.96. The van der Waals surface area contributed by atoms with Crippen molar-refractivity contribution in [1.29, 1.82) is 0 Å². The number of aliphatic imine (C=N–C) groups is 1. The topological polar surface area (TPSA) is 12.4 Å². The van der Waals surface area contributed by atoms with Gasteiger partial charge in [0, 0.05) is 6.42 Å². The van der Waals surface area contributed by atoms with E-state index >= 15 is 0 Å². The summed E-state index contributed by atoms with van der Waals surface area (Å²) in [5, 5.41) is 0. The van der Waals surface area contributed by atoms with Gasteiger partial charge in [-0.2, -0.15) is 0 Å². The molecule has 0 saturated heterocycles. The first-order valence-electron chi connectivity index (χ1n) is 6.24. The van der Waals surface area contributed by atoms with Gasteiger partial charge in [0.2, 0.25) is 0 Å². The van der Waals surface area contributed by atoms with Gasteiger partial charge >= 0.3 is 0 Å². The molecule has 1 rings (SSSR count). The standard InChI is InChI=1S/C13H22NS/c1-2-3-4-5-6-7-8-9-10-13-11-14-12-15-13/h11H,2-10H2,1H3/q+1. The van der Waals surface area contributed by atoms with Crippen molar-refractivity contribution in [1.82, 2.24) is 0 Å². The van der Waals surface area contributed by atoms with Crippen LogP contribution < -0.4 is 0 Å². The Kier molecular flexibility index (Phi) is 7.59. The molecule has 0 spiro atoms. The number of thioether (sulfide) groups is 1. The van der Waals surface area contributed by atoms with Crippen LogP contribution in [0.1, 0.15) is 64.7 Å². The third-order valence-corrected chi connectivity index (χ3v) is 3.48. The molecule has 0 aromatic rings. The van der Waals surface area contributed by atoms with Crippen molar-refractivity contribution in [3.8, 4) is 0 Å². The van der Waals surface area contributed by atoms with Crippen LogP contribution in [0.25, 0.3) is 0 Å². The minimum atomic E-state index is 1.20. The number of hydrogen-bond acceptors (Lipinski definition) is 2. The molecule has 0 saturated carbocycles. The Morgan fingerprint density at radius 1 is 1.07 bits per heavy atom. The van der Waals surface area contributed by atoms with E-state index in [1.165, 1.54) is 62.7 Å². The van der Waals surface area contributed by atoms with Crippen LogP contribution in [0.4, 0.5) is 0 Å². The van der Waals surface area contributed by atoms with E-state index < -0.39 is 0 Å². The van der Waals surface area contributed by atoms with Crippen molar-refractivity contribution in [2.24, 2.45) is 4.99 Å². The van der Waals surface area contributed by atoms with E-state index in [2.05, 4.69) is 17.5 Å². The molecule has 0 aliphatic carbocycles. The van der Waals surface area contributed by atoms with Crippen molar-refractivity contribution in [2.45, 2.75) is 64.7 Å². The molecule has 0 fully saturated rings. The molecule has 0 aromatic carbocycles. The highest BCUT2D eigenvalue weighted by molar-refractivity contribution is 8.15. The Hall–Kier alpha value is -0.330. The number of hydrogen-bond donors (Lipinski definition) is 0. The summed E-state index contributed by atoms with van der Waals surface area (Å²) < 4.78 is 0. The van der Waals surface area contributed by atoms with Gasteiger partial charge in [-0.25, -0.2) is 0 Å². The molecule has 1 aliphatic rings. The SMILES string of the molecule is CCCCCCCCCCC1=CN=[C+]S1. The molecule has 15 heavy (non-hydrogen) atoms. The fraction of sp³-hybridized carbons (Fsp3) is 0.769. The first-order chi connectivity index (χ1) is 7.43. The Bertz CT molecular complexity index is 209. The van der Waals surface area contributed by atoms with E-state index in [0.29, 0.717) is 0 Å². The van der Waals surface area contributed by atoms with Gasteiger partial charge in [0.1, 0.15) is 16.7 Å². The zero-order valence-electron chi connectivity index (χ0n) is 9.80. The number of unbranched alkanes of at least 4 members (excludes halogenated alkanes) is 7. The minimum Gasteiger partial charge on any atom is -0.0654 e. The van der Waals surface area contributed by atoms with Gasteiger partial charge in [-0.1, -0.05) is 51.9 Å². The average molecular weight is 224 g/mol. The maximum absolute atomic E-state index is 3.96. The quantitative estimate of drug-likeness (QED) is 0.396. The zero-order valence-corrected chi connectivity index (χ0v) is 10.6. The second-order valence-corrected chi connectivity index (χ2v) is 5.05. The molecule has 2 heteroatoms. The van der Waals surface area contributed by atoms with Gasteiger partial charge in [0.15, 0.2) is 6.20 Å². The number of rotatable bonds is 9. The zero-order chi connectivity index (χ0) is 10.8. The molecule has 1 aliphatic heterocycles. The van der Waals surface area contributed by atoms with Crippen LogP contribution in [0, 0.1) is 0 Å². The molecule has 0 aromatic heterocycles. The van der Waals surface area contributed by atoms with Crippen molar-refractivity contribution < 1.29 is 0 Å². The van der Waals surface area contributed by atoms with E-state index in [9.17, 15) is 0 Å². The average Bonchev–Trinajstić information content (AvgIpc) is 2.75. The van der Waals surface area contributed by atoms with Gasteiger partial charge < -0.3 is 0 Å². The lowest BCUT2D eigenvalue weighted by molar-refractivity contribution is 0.577. The fourth-order valence-electron chi connectivity index (χ4n) is 1.76. The molecular formula is C13H22NS+. The first-order valence-corrected chi connectivity index (χ1v) is 7.06. The van der Waals surface area contributed by atoms with Crippen LogP contribution >= 0.6 is 11.8 Å². The van der Waals surface area contributed by atoms with Gasteiger partial charge in [0.25, 0.3) is 5.55 Å². The molecule has 84 valence electrons. The highest BCUT2D eigenvalue weighted by Crippen LogP contribution is 2.24. The van der Waals surface area contributed by atoms with Crippen molar-refractivity contribution in [3.63, 3.8) is 0 Å².